The molecule has 0 aliphatic heterocycles. The highest BCUT2D eigenvalue weighted by atomic mass is 32.1. The van der Waals surface area contributed by atoms with Crippen LogP contribution in [0.2, 0.25) is 0 Å². The van der Waals surface area contributed by atoms with Crippen LogP contribution in [0.25, 0.3) is 130 Å². The molecule has 278 valence electrons. The highest BCUT2D eigenvalue weighted by Gasteiger charge is 2.20. The van der Waals surface area contributed by atoms with E-state index in [9.17, 15) is 0 Å². The van der Waals surface area contributed by atoms with Gasteiger partial charge < -0.3 is 4.42 Å². The van der Waals surface area contributed by atoms with E-state index >= 15 is 0 Å². The van der Waals surface area contributed by atoms with Gasteiger partial charge >= 0.3 is 0 Å². The van der Waals surface area contributed by atoms with E-state index in [-0.39, 0.29) is 0 Å². The molecule has 0 bridgehead atoms. The van der Waals surface area contributed by atoms with Crippen molar-refractivity contribution in [3.8, 4) is 44.5 Å². The number of thiophene rings is 1. The fraction of sp³-hybridized carbons (Fsp3) is 0. The lowest BCUT2D eigenvalue weighted by atomic mass is 9.85. The molecule has 60 heavy (non-hydrogen) atoms. The monoisotopic (exact) mass is 778 g/mol. The van der Waals surface area contributed by atoms with E-state index in [1.807, 2.05) is 17.4 Å². The van der Waals surface area contributed by atoms with E-state index in [0.717, 1.165) is 21.9 Å². The Morgan fingerprint density at radius 1 is 0.233 bits per heavy atom. The van der Waals surface area contributed by atoms with Crippen LogP contribution < -0.4 is 0 Å². The number of hydrogen-bond donors (Lipinski definition) is 0. The van der Waals surface area contributed by atoms with E-state index in [4.69, 9.17) is 4.42 Å². The van der Waals surface area contributed by atoms with Crippen molar-refractivity contribution in [2.75, 3.05) is 0 Å². The fourth-order valence-corrected chi connectivity index (χ4v) is 11.2. The Kier molecular flexibility index (Phi) is 7.24. The summed E-state index contributed by atoms with van der Waals surface area (Å²) in [6, 6.07) is 75.8. The SMILES string of the molecule is c1ccc(-c2c3ccccc3c(-c3ccc4c(c3)sc3ccc(-c5c6ccccc6c(-c6ccc7oc8ccccc8c7c6)c6ccccc56)cc34)c3ccccc23)cc1. The lowest BCUT2D eigenvalue weighted by molar-refractivity contribution is 0.669. The summed E-state index contributed by atoms with van der Waals surface area (Å²) in [7, 11) is 0. The zero-order valence-electron chi connectivity index (χ0n) is 32.4. The predicted molar refractivity (Wildman–Crippen MR) is 258 cm³/mol. The summed E-state index contributed by atoms with van der Waals surface area (Å²) >= 11 is 1.89. The molecular formula is C58H34OS. The maximum Gasteiger partial charge on any atom is 0.135 e. The predicted octanol–water partition coefficient (Wildman–Crippen LogP) is 17.2. The topological polar surface area (TPSA) is 13.1 Å². The van der Waals surface area contributed by atoms with Gasteiger partial charge in [-0.3, -0.25) is 0 Å². The van der Waals surface area contributed by atoms with Crippen LogP contribution in [0.4, 0.5) is 0 Å². The van der Waals surface area contributed by atoms with Gasteiger partial charge in [-0.05, 0) is 124 Å². The van der Waals surface area contributed by atoms with E-state index in [0.29, 0.717) is 0 Å². The summed E-state index contributed by atoms with van der Waals surface area (Å²) in [5, 5.41) is 15.0. The Balaban J connectivity index is 1.00. The molecule has 0 unspecified atom stereocenters. The minimum absolute atomic E-state index is 0.913. The fourth-order valence-electron chi connectivity index (χ4n) is 10.1. The first-order valence-electron chi connectivity index (χ1n) is 20.6. The number of furan rings is 1. The van der Waals surface area contributed by atoms with Crippen LogP contribution in [0.1, 0.15) is 0 Å². The first kappa shape index (κ1) is 33.5. The van der Waals surface area contributed by atoms with Gasteiger partial charge in [-0.25, -0.2) is 0 Å². The van der Waals surface area contributed by atoms with Gasteiger partial charge in [0, 0.05) is 30.9 Å². The lowest BCUT2D eigenvalue weighted by Gasteiger charge is -2.18. The molecule has 0 atom stereocenters. The third kappa shape index (κ3) is 4.92. The molecule has 0 spiro atoms. The van der Waals surface area contributed by atoms with Crippen LogP contribution in [0, 0.1) is 0 Å². The minimum Gasteiger partial charge on any atom is -0.456 e. The molecule has 13 aromatic rings. The molecule has 0 radical (unpaired) electrons. The average molecular weight is 779 g/mol. The van der Waals surface area contributed by atoms with E-state index in [1.54, 1.807) is 0 Å². The average Bonchev–Trinajstić information content (AvgIpc) is 3.87. The largest absolute Gasteiger partial charge is 0.456 e. The normalized spacial score (nSPS) is 12.0. The number of rotatable bonds is 4. The smallest absolute Gasteiger partial charge is 0.135 e. The second-order valence-corrected chi connectivity index (χ2v) is 17.0. The number of fused-ring (bicyclic) bond motifs is 10. The molecule has 2 heteroatoms. The summed E-state index contributed by atoms with van der Waals surface area (Å²) < 4.78 is 8.83. The van der Waals surface area contributed by atoms with Crippen LogP contribution >= 0.6 is 11.3 Å². The number of hydrogen-bond acceptors (Lipinski definition) is 2. The Morgan fingerprint density at radius 2 is 0.633 bits per heavy atom. The molecule has 1 nitrogen and oxygen atoms in total. The van der Waals surface area contributed by atoms with Gasteiger partial charge in [0.05, 0.1) is 0 Å². The van der Waals surface area contributed by atoms with Crippen molar-refractivity contribution in [1.82, 2.24) is 0 Å². The second kappa shape index (κ2) is 13.0. The Labute approximate surface area is 350 Å². The second-order valence-electron chi connectivity index (χ2n) is 15.9. The summed E-state index contributed by atoms with van der Waals surface area (Å²) in [6.07, 6.45) is 0. The van der Waals surface area contributed by atoms with Crippen LogP contribution in [-0.4, -0.2) is 0 Å². The van der Waals surface area contributed by atoms with Crippen LogP contribution in [0.3, 0.4) is 0 Å². The Morgan fingerprint density at radius 3 is 1.18 bits per heavy atom. The maximum atomic E-state index is 6.24. The standard InChI is InChI=1S/C58H34OS/c1-2-14-35(15-3-1)55-41-17-4-6-19-43(41)58(44-20-7-5-18-42(44)55)38-26-29-40-50-33-37(28-31-53(50)60-54(40)34-38)57-47-23-10-8-21-45(47)56(46-22-9-11-24-48(46)57)36-27-30-52-49(32-36)39-16-12-13-25-51(39)59-52/h1-34H. The molecule has 0 aliphatic carbocycles. The van der Waals surface area contributed by atoms with Crippen LogP contribution in [0.15, 0.2) is 211 Å². The van der Waals surface area contributed by atoms with Gasteiger partial charge in [0.1, 0.15) is 11.2 Å². The summed E-state index contributed by atoms with van der Waals surface area (Å²) in [6.45, 7) is 0. The van der Waals surface area contributed by atoms with Gasteiger partial charge in [0.2, 0.25) is 0 Å². The summed E-state index contributed by atoms with van der Waals surface area (Å²) in [4.78, 5) is 0. The highest BCUT2D eigenvalue weighted by Crippen LogP contribution is 2.48. The van der Waals surface area contributed by atoms with Gasteiger partial charge in [-0.2, -0.15) is 0 Å². The van der Waals surface area contributed by atoms with Crippen LogP contribution in [0.5, 0.6) is 0 Å². The molecule has 0 amide bonds. The van der Waals surface area contributed by atoms with Crippen molar-refractivity contribution in [3.63, 3.8) is 0 Å². The molecule has 2 aromatic heterocycles. The highest BCUT2D eigenvalue weighted by molar-refractivity contribution is 7.25. The van der Waals surface area contributed by atoms with Crippen molar-refractivity contribution < 1.29 is 4.42 Å². The third-order valence-electron chi connectivity index (χ3n) is 12.6. The zero-order valence-corrected chi connectivity index (χ0v) is 33.3. The summed E-state index contributed by atoms with van der Waals surface area (Å²) in [5.41, 5.74) is 11.9. The molecule has 0 fully saturated rings. The van der Waals surface area contributed by atoms with Gasteiger partial charge in [0.15, 0.2) is 0 Å². The molecule has 0 saturated heterocycles. The number of benzene rings is 11. The Bertz CT molecular complexity index is 3770. The van der Waals surface area contributed by atoms with E-state index in [2.05, 4.69) is 200 Å². The van der Waals surface area contributed by atoms with E-state index in [1.165, 1.54) is 108 Å². The van der Waals surface area contributed by atoms with Crippen molar-refractivity contribution >= 4 is 96.5 Å². The molecular weight excluding hydrogens is 745 g/mol. The van der Waals surface area contributed by atoms with Gasteiger partial charge in [-0.15, -0.1) is 11.3 Å². The zero-order chi connectivity index (χ0) is 39.3. The molecule has 0 aliphatic rings. The first-order chi connectivity index (χ1) is 29.8. The first-order valence-corrected chi connectivity index (χ1v) is 21.4. The molecule has 0 N–H and O–H groups in total. The van der Waals surface area contributed by atoms with Crippen molar-refractivity contribution in [1.29, 1.82) is 0 Å². The molecule has 0 saturated carbocycles. The van der Waals surface area contributed by atoms with Gasteiger partial charge in [-0.1, -0.05) is 170 Å². The Hall–Kier alpha value is -7.52. The third-order valence-corrected chi connectivity index (χ3v) is 13.8. The van der Waals surface area contributed by atoms with Crippen LogP contribution in [-0.2, 0) is 0 Å². The molecule has 13 rings (SSSR count). The van der Waals surface area contributed by atoms with Crippen molar-refractivity contribution in [2.24, 2.45) is 0 Å². The summed E-state index contributed by atoms with van der Waals surface area (Å²) in [5.74, 6) is 0. The number of para-hydroxylation sites is 1. The molecule has 2 heterocycles. The minimum atomic E-state index is 0.913. The quantitative estimate of drug-likeness (QED) is 0.162. The van der Waals surface area contributed by atoms with Crippen molar-refractivity contribution in [3.05, 3.63) is 206 Å². The van der Waals surface area contributed by atoms with Gasteiger partial charge in [0.25, 0.3) is 0 Å². The van der Waals surface area contributed by atoms with Crippen molar-refractivity contribution in [2.45, 2.75) is 0 Å². The maximum absolute atomic E-state index is 6.24. The lowest BCUT2D eigenvalue weighted by Crippen LogP contribution is -1.91. The molecule has 11 aromatic carbocycles. The van der Waals surface area contributed by atoms with E-state index < -0.39 is 0 Å².